The molecule has 0 aliphatic heterocycles. The monoisotopic (exact) mass is 400 g/mol. The lowest BCUT2D eigenvalue weighted by atomic mass is 10.0. The molecule has 0 unspecified atom stereocenters. The fourth-order valence-corrected chi connectivity index (χ4v) is 2.73. The van der Waals surface area contributed by atoms with Gasteiger partial charge in [0.05, 0.1) is 5.56 Å². The number of anilines is 1. The molecule has 29 heavy (non-hydrogen) atoms. The summed E-state index contributed by atoms with van der Waals surface area (Å²) in [5.74, 6) is -2.98. The molecule has 2 rings (SSSR count). The van der Waals surface area contributed by atoms with Crippen molar-refractivity contribution in [3.8, 4) is 0 Å². The van der Waals surface area contributed by atoms with E-state index in [4.69, 9.17) is 4.74 Å². The molecule has 2 amide bonds. The van der Waals surface area contributed by atoms with Crippen molar-refractivity contribution >= 4 is 23.5 Å². The SMILES string of the molecule is Cc1ccc(NC(=O)COC(=O)[C@@H](NC(=O)c2ccccc2F)C(C)C)c(C)c1. The average molecular weight is 400 g/mol. The Bertz CT molecular complexity index is 911. The fraction of sp³-hybridized carbons (Fsp3) is 0.318. The van der Waals surface area contributed by atoms with Crippen LogP contribution in [0.5, 0.6) is 0 Å². The summed E-state index contributed by atoms with van der Waals surface area (Å²) in [6, 6.07) is 10.0. The van der Waals surface area contributed by atoms with Gasteiger partial charge < -0.3 is 15.4 Å². The normalized spacial score (nSPS) is 11.7. The molecular weight excluding hydrogens is 375 g/mol. The van der Waals surface area contributed by atoms with E-state index in [0.717, 1.165) is 17.2 Å². The first-order chi connectivity index (χ1) is 13.7. The fourth-order valence-electron chi connectivity index (χ4n) is 2.73. The van der Waals surface area contributed by atoms with Crippen LogP contribution in [0.2, 0.25) is 0 Å². The molecule has 2 N–H and O–H groups in total. The Kier molecular flexibility index (Phi) is 7.47. The molecule has 2 aromatic carbocycles. The largest absolute Gasteiger partial charge is 0.454 e. The molecular formula is C22H25FN2O4. The van der Waals surface area contributed by atoms with Crippen molar-refractivity contribution < 1.29 is 23.5 Å². The van der Waals surface area contributed by atoms with Crippen LogP contribution in [0.15, 0.2) is 42.5 Å². The molecule has 1 atom stereocenters. The van der Waals surface area contributed by atoms with Gasteiger partial charge in [0, 0.05) is 5.69 Å². The van der Waals surface area contributed by atoms with Crippen molar-refractivity contribution in [3.05, 3.63) is 65.0 Å². The van der Waals surface area contributed by atoms with E-state index in [9.17, 15) is 18.8 Å². The Morgan fingerprint density at radius 3 is 2.38 bits per heavy atom. The van der Waals surface area contributed by atoms with Crippen molar-refractivity contribution in [2.24, 2.45) is 5.92 Å². The molecule has 0 aliphatic carbocycles. The van der Waals surface area contributed by atoms with Crippen molar-refractivity contribution in [3.63, 3.8) is 0 Å². The second kappa shape index (κ2) is 9.82. The lowest BCUT2D eigenvalue weighted by Crippen LogP contribution is -2.46. The Labute approximate surface area is 169 Å². The maximum absolute atomic E-state index is 13.8. The maximum atomic E-state index is 13.8. The smallest absolute Gasteiger partial charge is 0.329 e. The van der Waals surface area contributed by atoms with Gasteiger partial charge in [0.15, 0.2) is 6.61 Å². The van der Waals surface area contributed by atoms with Gasteiger partial charge in [0.2, 0.25) is 0 Å². The van der Waals surface area contributed by atoms with Crippen LogP contribution in [0.3, 0.4) is 0 Å². The van der Waals surface area contributed by atoms with E-state index in [1.807, 2.05) is 26.0 Å². The number of amides is 2. The van der Waals surface area contributed by atoms with Crippen molar-refractivity contribution in [1.29, 1.82) is 0 Å². The molecule has 0 fully saturated rings. The van der Waals surface area contributed by atoms with E-state index in [2.05, 4.69) is 10.6 Å². The second-order valence-electron chi connectivity index (χ2n) is 7.15. The highest BCUT2D eigenvalue weighted by atomic mass is 19.1. The minimum absolute atomic E-state index is 0.168. The zero-order valence-corrected chi connectivity index (χ0v) is 16.9. The molecule has 0 radical (unpaired) electrons. The summed E-state index contributed by atoms with van der Waals surface area (Å²) < 4.78 is 18.9. The van der Waals surface area contributed by atoms with Gasteiger partial charge in [-0.1, -0.05) is 43.7 Å². The molecule has 0 saturated heterocycles. The molecule has 0 spiro atoms. The highest BCUT2D eigenvalue weighted by Gasteiger charge is 2.27. The first kappa shape index (κ1) is 22.1. The predicted molar refractivity (Wildman–Crippen MR) is 108 cm³/mol. The molecule has 0 heterocycles. The number of rotatable bonds is 7. The topological polar surface area (TPSA) is 84.5 Å². The predicted octanol–water partition coefficient (Wildman–Crippen LogP) is 3.38. The van der Waals surface area contributed by atoms with Crippen LogP contribution in [0.1, 0.15) is 35.3 Å². The maximum Gasteiger partial charge on any atom is 0.329 e. The zero-order valence-electron chi connectivity index (χ0n) is 16.9. The summed E-state index contributed by atoms with van der Waals surface area (Å²) in [5, 5.41) is 5.16. The number of hydrogen-bond donors (Lipinski definition) is 2. The van der Waals surface area contributed by atoms with Gasteiger partial charge in [0.25, 0.3) is 11.8 Å². The molecule has 0 aromatic heterocycles. The van der Waals surface area contributed by atoms with E-state index in [0.29, 0.717) is 5.69 Å². The summed E-state index contributed by atoms with van der Waals surface area (Å²) in [7, 11) is 0. The third-order valence-electron chi connectivity index (χ3n) is 4.33. The van der Waals surface area contributed by atoms with Crippen LogP contribution in [0.4, 0.5) is 10.1 Å². The van der Waals surface area contributed by atoms with Gasteiger partial charge in [-0.3, -0.25) is 9.59 Å². The minimum Gasteiger partial charge on any atom is -0.454 e. The second-order valence-corrected chi connectivity index (χ2v) is 7.15. The molecule has 0 aliphatic rings. The quantitative estimate of drug-likeness (QED) is 0.698. The molecule has 6 nitrogen and oxygen atoms in total. The highest BCUT2D eigenvalue weighted by molar-refractivity contribution is 5.98. The number of hydrogen-bond acceptors (Lipinski definition) is 4. The first-order valence-electron chi connectivity index (χ1n) is 9.28. The van der Waals surface area contributed by atoms with Crippen LogP contribution in [-0.4, -0.2) is 30.4 Å². The molecule has 2 aromatic rings. The number of nitrogens with one attached hydrogen (secondary N) is 2. The van der Waals surface area contributed by atoms with E-state index < -0.39 is 36.2 Å². The number of halogens is 1. The van der Waals surface area contributed by atoms with Crippen LogP contribution in [0.25, 0.3) is 0 Å². The van der Waals surface area contributed by atoms with Crippen LogP contribution in [-0.2, 0) is 14.3 Å². The first-order valence-corrected chi connectivity index (χ1v) is 9.28. The summed E-state index contributed by atoms with van der Waals surface area (Å²) in [4.78, 5) is 36.8. The lowest BCUT2D eigenvalue weighted by Gasteiger charge is -2.21. The molecule has 0 bridgehead atoms. The van der Waals surface area contributed by atoms with Gasteiger partial charge in [-0.15, -0.1) is 0 Å². The van der Waals surface area contributed by atoms with Gasteiger partial charge in [-0.05, 0) is 43.5 Å². The summed E-state index contributed by atoms with van der Waals surface area (Å²) in [6.45, 7) is 6.74. The van der Waals surface area contributed by atoms with Crippen molar-refractivity contribution in [2.75, 3.05) is 11.9 Å². The van der Waals surface area contributed by atoms with Crippen LogP contribution >= 0.6 is 0 Å². The van der Waals surface area contributed by atoms with Gasteiger partial charge in [0.1, 0.15) is 11.9 Å². The summed E-state index contributed by atoms with van der Waals surface area (Å²) >= 11 is 0. The Morgan fingerprint density at radius 1 is 1.07 bits per heavy atom. The van der Waals surface area contributed by atoms with E-state index in [1.165, 1.54) is 18.2 Å². The third kappa shape index (κ3) is 6.14. The Morgan fingerprint density at radius 2 is 1.76 bits per heavy atom. The van der Waals surface area contributed by atoms with E-state index in [-0.39, 0.29) is 11.5 Å². The van der Waals surface area contributed by atoms with Gasteiger partial charge in [-0.25, -0.2) is 9.18 Å². The number of aryl methyl sites for hydroxylation is 2. The van der Waals surface area contributed by atoms with Crippen molar-refractivity contribution in [2.45, 2.75) is 33.7 Å². The minimum atomic E-state index is -1.02. The summed E-state index contributed by atoms with van der Waals surface area (Å²) in [6.07, 6.45) is 0. The van der Waals surface area contributed by atoms with Crippen LogP contribution in [0, 0.1) is 25.6 Å². The number of benzene rings is 2. The number of ether oxygens (including phenoxy) is 1. The average Bonchev–Trinajstić information content (AvgIpc) is 2.66. The number of carbonyl (C=O) groups is 3. The van der Waals surface area contributed by atoms with E-state index in [1.54, 1.807) is 19.9 Å². The van der Waals surface area contributed by atoms with Crippen molar-refractivity contribution in [1.82, 2.24) is 5.32 Å². The molecule has 154 valence electrons. The Balaban J connectivity index is 1.96. The zero-order chi connectivity index (χ0) is 21.6. The Hall–Kier alpha value is -3.22. The third-order valence-corrected chi connectivity index (χ3v) is 4.33. The van der Waals surface area contributed by atoms with Gasteiger partial charge in [-0.2, -0.15) is 0 Å². The van der Waals surface area contributed by atoms with Gasteiger partial charge >= 0.3 is 5.97 Å². The highest BCUT2D eigenvalue weighted by Crippen LogP contribution is 2.16. The molecule has 0 saturated carbocycles. The van der Waals surface area contributed by atoms with Crippen LogP contribution < -0.4 is 10.6 Å². The summed E-state index contributed by atoms with van der Waals surface area (Å²) in [5.41, 5.74) is 2.42. The molecule has 7 heteroatoms. The van der Waals surface area contributed by atoms with E-state index >= 15 is 0 Å². The number of esters is 1. The lowest BCUT2D eigenvalue weighted by molar-refractivity contribution is -0.150. The number of carbonyl (C=O) groups excluding carboxylic acids is 3. The standard InChI is InChI=1S/C22H25FN2O4/c1-13(2)20(25-21(27)16-7-5-6-8-17(16)23)22(28)29-12-19(26)24-18-10-9-14(3)11-15(18)4/h5-11,13,20H,12H2,1-4H3,(H,24,26)(H,25,27)/t20-/m0/s1.